The normalized spacial score (nSPS) is 29.4. The van der Waals surface area contributed by atoms with Crippen molar-refractivity contribution in [3.63, 3.8) is 0 Å². The number of benzene rings is 3. The van der Waals surface area contributed by atoms with Gasteiger partial charge < -0.3 is 19.5 Å². The van der Waals surface area contributed by atoms with Gasteiger partial charge in [0.2, 0.25) is 0 Å². The van der Waals surface area contributed by atoms with Gasteiger partial charge >= 0.3 is 6.09 Å². The van der Waals surface area contributed by atoms with E-state index in [2.05, 4.69) is 32.1 Å². The van der Waals surface area contributed by atoms with Gasteiger partial charge in [-0.25, -0.2) is 4.79 Å². The lowest BCUT2D eigenvalue weighted by Gasteiger charge is -2.43. The highest BCUT2D eigenvalue weighted by Gasteiger charge is 2.64. The van der Waals surface area contributed by atoms with Crippen LogP contribution in [0.4, 0.5) is 4.79 Å². The molecule has 2 bridgehead atoms. The summed E-state index contributed by atoms with van der Waals surface area (Å²) in [4.78, 5) is 30.2. The fraction of sp³-hybridized carbons (Fsp3) is 0.463. The molecule has 6 nitrogen and oxygen atoms in total. The Kier molecular flexibility index (Phi) is 8.84. The maximum absolute atomic E-state index is 14.8. The number of carbonyl (C=O) groups is 2. The van der Waals surface area contributed by atoms with Crippen LogP contribution in [0, 0.1) is 5.41 Å². The standard InChI is InChI=1S/C41H47NO5/c1-28-10-8-21-40(2)37(20-22-41(40)27-42(39(45)47-41)26-32-13-9-23-46-32)34-19-17-29(24-31(43)18-16-28)25-36(34)38(44)35-15-7-6-14-33(35)30-11-4-3-5-12-30/h3-7,10-12,14-15,17,19,25,31-32,37,43H,8-9,13,16,18,20-24,26-27H2,1-2H3/t31-,32+,37-,40-,41+/m0/s1. The highest BCUT2D eigenvalue weighted by atomic mass is 16.6. The smallest absolute Gasteiger partial charge is 0.410 e. The molecular weight excluding hydrogens is 586 g/mol. The Hall–Kier alpha value is -3.74. The van der Waals surface area contributed by atoms with E-state index in [-0.39, 0.29) is 23.9 Å². The number of rotatable bonds is 5. The molecule has 3 aliphatic carbocycles. The second-order valence-corrected chi connectivity index (χ2v) is 14.5. The summed E-state index contributed by atoms with van der Waals surface area (Å²) in [7, 11) is 0. The van der Waals surface area contributed by atoms with Crippen molar-refractivity contribution in [3.8, 4) is 11.1 Å². The molecule has 3 aromatic rings. The second-order valence-electron chi connectivity index (χ2n) is 14.5. The van der Waals surface area contributed by atoms with E-state index in [9.17, 15) is 14.7 Å². The first kappa shape index (κ1) is 31.8. The van der Waals surface area contributed by atoms with E-state index in [1.807, 2.05) is 65.6 Å². The molecule has 2 saturated heterocycles. The number of hydrogen-bond donors (Lipinski definition) is 1. The van der Waals surface area contributed by atoms with Gasteiger partial charge in [0.25, 0.3) is 0 Å². The highest BCUT2D eigenvalue weighted by Crippen LogP contribution is 2.61. The van der Waals surface area contributed by atoms with Gasteiger partial charge in [0.15, 0.2) is 5.78 Å². The van der Waals surface area contributed by atoms with Gasteiger partial charge in [0.05, 0.1) is 25.3 Å². The Morgan fingerprint density at radius 1 is 0.979 bits per heavy atom. The van der Waals surface area contributed by atoms with Gasteiger partial charge in [-0.2, -0.15) is 0 Å². The van der Waals surface area contributed by atoms with E-state index in [4.69, 9.17) is 9.47 Å². The zero-order valence-electron chi connectivity index (χ0n) is 27.8. The van der Waals surface area contributed by atoms with E-state index in [1.54, 1.807) is 0 Å². The largest absolute Gasteiger partial charge is 0.440 e. The third-order valence-corrected chi connectivity index (χ3v) is 11.6. The molecule has 3 fully saturated rings. The maximum atomic E-state index is 14.8. The van der Waals surface area contributed by atoms with E-state index in [0.717, 1.165) is 73.8 Å². The Labute approximate surface area is 278 Å². The Morgan fingerprint density at radius 2 is 1.79 bits per heavy atom. The van der Waals surface area contributed by atoms with Crippen LogP contribution in [0.15, 0.2) is 84.4 Å². The van der Waals surface area contributed by atoms with Crippen molar-refractivity contribution in [2.24, 2.45) is 5.41 Å². The minimum Gasteiger partial charge on any atom is -0.440 e. The van der Waals surface area contributed by atoms with Crippen molar-refractivity contribution >= 4 is 11.9 Å². The molecule has 1 saturated carbocycles. The molecule has 3 aromatic carbocycles. The van der Waals surface area contributed by atoms with E-state index in [1.165, 1.54) is 5.57 Å². The van der Waals surface area contributed by atoms with Crippen molar-refractivity contribution in [2.45, 2.75) is 95.4 Å². The average Bonchev–Trinajstić information content (AvgIpc) is 3.78. The van der Waals surface area contributed by atoms with Gasteiger partial charge in [-0.3, -0.25) is 4.79 Å². The summed E-state index contributed by atoms with van der Waals surface area (Å²) in [5, 5.41) is 11.0. The first-order chi connectivity index (χ1) is 22.8. The first-order valence-electron chi connectivity index (χ1n) is 17.5. The Balaban J connectivity index is 1.32. The summed E-state index contributed by atoms with van der Waals surface area (Å²) in [5.41, 5.74) is 5.48. The molecular formula is C41H47NO5. The number of fused-ring (bicyclic) bond motifs is 8. The van der Waals surface area contributed by atoms with Crippen LogP contribution in [-0.4, -0.2) is 59.4 Å². The molecule has 246 valence electrons. The van der Waals surface area contributed by atoms with Gasteiger partial charge in [0.1, 0.15) is 5.60 Å². The van der Waals surface area contributed by atoms with Crippen LogP contribution in [0.25, 0.3) is 11.1 Å². The van der Waals surface area contributed by atoms with Crippen molar-refractivity contribution in [1.29, 1.82) is 0 Å². The van der Waals surface area contributed by atoms with Crippen molar-refractivity contribution in [2.75, 3.05) is 19.7 Å². The predicted octanol–water partition coefficient (Wildman–Crippen LogP) is 8.26. The molecule has 2 aliphatic heterocycles. The van der Waals surface area contributed by atoms with Crippen molar-refractivity contribution in [3.05, 3.63) is 107 Å². The van der Waals surface area contributed by atoms with Gasteiger partial charge in [-0.05, 0) is 98.9 Å². The van der Waals surface area contributed by atoms with Crippen LogP contribution in [0.5, 0.6) is 0 Å². The van der Waals surface area contributed by atoms with E-state index in [0.29, 0.717) is 37.1 Å². The summed E-state index contributed by atoms with van der Waals surface area (Å²) in [6, 6.07) is 24.2. The zero-order valence-corrected chi connectivity index (χ0v) is 27.8. The topological polar surface area (TPSA) is 76.1 Å². The summed E-state index contributed by atoms with van der Waals surface area (Å²) >= 11 is 0. The summed E-state index contributed by atoms with van der Waals surface area (Å²) in [5.74, 6) is 0.00166. The molecule has 0 unspecified atom stereocenters. The number of nitrogens with zero attached hydrogens (tertiary/aromatic N) is 1. The van der Waals surface area contributed by atoms with E-state index < -0.39 is 17.1 Å². The molecule has 0 aromatic heterocycles. The molecule has 2 heterocycles. The van der Waals surface area contributed by atoms with Crippen molar-refractivity contribution in [1.82, 2.24) is 4.90 Å². The van der Waals surface area contributed by atoms with Crippen LogP contribution in [0.2, 0.25) is 0 Å². The number of amides is 1. The molecule has 1 N–H and O–H groups in total. The highest BCUT2D eigenvalue weighted by molar-refractivity contribution is 6.13. The summed E-state index contributed by atoms with van der Waals surface area (Å²) in [6.45, 7) is 6.31. The minimum absolute atomic E-state index is 0.00893. The number of allylic oxidation sites excluding steroid dienone is 2. The summed E-state index contributed by atoms with van der Waals surface area (Å²) in [6.07, 6.45) is 8.87. The van der Waals surface area contributed by atoms with Gasteiger partial charge in [-0.15, -0.1) is 0 Å². The van der Waals surface area contributed by atoms with Crippen LogP contribution in [-0.2, 0) is 15.9 Å². The fourth-order valence-corrected chi connectivity index (χ4v) is 8.85. The third kappa shape index (κ3) is 6.07. The molecule has 8 rings (SSSR count). The number of aliphatic hydroxyl groups is 1. The van der Waals surface area contributed by atoms with Gasteiger partial charge in [0, 0.05) is 23.1 Å². The van der Waals surface area contributed by atoms with Crippen molar-refractivity contribution < 1.29 is 24.2 Å². The maximum Gasteiger partial charge on any atom is 0.410 e. The summed E-state index contributed by atoms with van der Waals surface area (Å²) < 4.78 is 12.4. The lowest BCUT2D eigenvalue weighted by Crippen LogP contribution is -2.48. The van der Waals surface area contributed by atoms with Crippen LogP contribution in [0.1, 0.15) is 98.2 Å². The quantitative estimate of drug-likeness (QED) is 0.226. The zero-order chi connectivity index (χ0) is 32.6. The predicted molar refractivity (Wildman–Crippen MR) is 184 cm³/mol. The fourth-order valence-electron chi connectivity index (χ4n) is 8.85. The third-order valence-electron chi connectivity index (χ3n) is 11.6. The number of aliphatic hydroxyl groups excluding tert-OH is 1. The first-order valence-corrected chi connectivity index (χ1v) is 17.5. The molecule has 5 aliphatic rings. The van der Waals surface area contributed by atoms with E-state index >= 15 is 0 Å². The molecule has 1 spiro atoms. The molecule has 6 heteroatoms. The lowest BCUT2D eigenvalue weighted by atomic mass is 9.64. The molecule has 0 radical (unpaired) electrons. The van der Waals surface area contributed by atoms with Crippen LogP contribution >= 0.6 is 0 Å². The van der Waals surface area contributed by atoms with Gasteiger partial charge in [-0.1, -0.05) is 85.3 Å². The lowest BCUT2D eigenvalue weighted by molar-refractivity contribution is -0.0374. The number of ketones is 1. The molecule has 5 atom stereocenters. The Bertz CT molecular complexity index is 1660. The number of ether oxygens (including phenoxy) is 2. The molecule has 47 heavy (non-hydrogen) atoms. The van der Waals surface area contributed by atoms with Crippen LogP contribution < -0.4 is 0 Å². The average molecular weight is 634 g/mol. The van der Waals surface area contributed by atoms with Crippen LogP contribution in [0.3, 0.4) is 0 Å². The number of hydrogen-bond acceptors (Lipinski definition) is 5. The minimum atomic E-state index is -0.650. The Morgan fingerprint density at radius 3 is 2.60 bits per heavy atom. The number of carbonyl (C=O) groups excluding carboxylic acids is 2. The molecule has 1 amide bonds. The second kappa shape index (κ2) is 13.0. The SMILES string of the molecule is CC1=CCC[C@@]2(C)[C@@H](CC[C@@]23CN(C[C@H]2CCCO2)C(=O)O3)c2ccc(cc2C(=O)c2ccccc2-c2ccccc2)C[C@@H](O)CC1. The monoisotopic (exact) mass is 633 g/mol.